The molecule has 6 heteroatoms. The van der Waals surface area contributed by atoms with E-state index in [1.54, 1.807) is 7.11 Å². The fraction of sp³-hybridized carbons (Fsp3) is 0.500. The predicted molar refractivity (Wildman–Crippen MR) is 85.6 cm³/mol. The summed E-state index contributed by atoms with van der Waals surface area (Å²) in [5.74, 6) is 0.842. The van der Waals surface area contributed by atoms with Crippen molar-refractivity contribution in [1.82, 2.24) is 19.9 Å². The highest BCUT2D eigenvalue weighted by molar-refractivity contribution is 5.62. The summed E-state index contributed by atoms with van der Waals surface area (Å²) >= 11 is 0. The van der Waals surface area contributed by atoms with Crippen LogP contribution in [0.15, 0.2) is 24.3 Å². The Bertz CT molecular complexity index is 601. The summed E-state index contributed by atoms with van der Waals surface area (Å²) in [7, 11) is 1.67. The summed E-state index contributed by atoms with van der Waals surface area (Å²) in [5, 5.41) is 8.53. The van der Waals surface area contributed by atoms with E-state index < -0.39 is 0 Å². The van der Waals surface area contributed by atoms with Crippen LogP contribution in [-0.2, 0) is 13.1 Å². The van der Waals surface area contributed by atoms with Crippen molar-refractivity contribution >= 4 is 0 Å². The van der Waals surface area contributed by atoms with Crippen LogP contribution in [0.2, 0.25) is 0 Å². The van der Waals surface area contributed by atoms with Crippen LogP contribution in [-0.4, -0.2) is 46.6 Å². The summed E-state index contributed by atoms with van der Waals surface area (Å²) in [4.78, 5) is 2.47. The Hall–Kier alpha value is -1.92. The summed E-state index contributed by atoms with van der Waals surface area (Å²) in [5.41, 5.74) is 8.76. The van der Waals surface area contributed by atoms with Gasteiger partial charge < -0.3 is 15.4 Å². The van der Waals surface area contributed by atoms with E-state index >= 15 is 0 Å². The molecule has 0 atom stereocenters. The van der Waals surface area contributed by atoms with E-state index in [4.69, 9.17) is 10.5 Å². The van der Waals surface area contributed by atoms with Crippen molar-refractivity contribution < 1.29 is 4.74 Å². The van der Waals surface area contributed by atoms with Gasteiger partial charge in [-0.25, -0.2) is 4.68 Å². The van der Waals surface area contributed by atoms with Gasteiger partial charge >= 0.3 is 0 Å². The van der Waals surface area contributed by atoms with Crippen LogP contribution in [0.25, 0.3) is 11.3 Å². The lowest BCUT2D eigenvalue weighted by Crippen LogP contribution is -2.24. The van der Waals surface area contributed by atoms with Gasteiger partial charge in [0.05, 0.1) is 19.3 Å². The molecule has 118 valence electrons. The number of likely N-dealkylation sites (tertiary alicyclic amines) is 1. The lowest BCUT2D eigenvalue weighted by atomic mass is 10.1. The highest BCUT2D eigenvalue weighted by Crippen LogP contribution is 2.24. The number of aromatic nitrogens is 3. The number of ether oxygens (including phenoxy) is 1. The van der Waals surface area contributed by atoms with Gasteiger partial charge in [0.2, 0.25) is 0 Å². The zero-order chi connectivity index (χ0) is 15.4. The first kappa shape index (κ1) is 15.0. The summed E-state index contributed by atoms with van der Waals surface area (Å²) in [6.07, 6.45) is 2.60. The topological polar surface area (TPSA) is 69.2 Å². The average molecular weight is 301 g/mol. The van der Waals surface area contributed by atoms with E-state index in [9.17, 15) is 0 Å². The molecule has 1 saturated heterocycles. The van der Waals surface area contributed by atoms with Crippen LogP contribution >= 0.6 is 0 Å². The second-order valence-corrected chi connectivity index (χ2v) is 5.59. The monoisotopic (exact) mass is 301 g/mol. The third-order valence-corrected chi connectivity index (χ3v) is 4.19. The number of nitrogens with zero attached hydrogens (tertiary/aromatic N) is 4. The molecule has 3 rings (SSSR count). The largest absolute Gasteiger partial charge is 0.497 e. The Labute approximate surface area is 130 Å². The Kier molecular flexibility index (Phi) is 4.70. The second-order valence-electron chi connectivity index (χ2n) is 5.59. The molecule has 0 spiro atoms. The minimum Gasteiger partial charge on any atom is -0.497 e. The first-order chi connectivity index (χ1) is 10.8. The molecule has 1 aliphatic heterocycles. The Morgan fingerprint density at radius 3 is 2.50 bits per heavy atom. The van der Waals surface area contributed by atoms with Gasteiger partial charge in [-0.15, -0.1) is 5.10 Å². The molecule has 2 N–H and O–H groups in total. The number of nitrogens with two attached hydrogens (primary N) is 1. The van der Waals surface area contributed by atoms with Crippen molar-refractivity contribution in [2.24, 2.45) is 5.73 Å². The molecular weight excluding hydrogens is 278 g/mol. The average Bonchev–Trinajstić information content (AvgIpc) is 3.22. The van der Waals surface area contributed by atoms with Gasteiger partial charge in [-0.3, -0.25) is 0 Å². The fourth-order valence-electron chi connectivity index (χ4n) is 2.95. The maximum Gasteiger partial charge on any atom is 0.118 e. The molecule has 2 heterocycles. The van der Waals surface area contributed by atoms with E-state index in [1.807, 2.05) is 28.9 Å². The SMILES string of the molecule is COc1ccc(-c2c(CN)nnn2CCN2CCCC2)cc1. The molecule has 1 aromatic carbocycles. The Balaban J connectivity index is 1.82. The maximum absolute atomic E-state index is 5.82. The van der Waals surface area contributed by atoms with E-state index in [0.717, 1.165) is 35.8 Å². The zero-order valence-electron chi connectivity index (χ0n) is 13.0. The van der Waals surface area contributed by atoms with Crippen molar-refractivity contribution in [3.8, 4) is 17.0 Å². The quantitative estimate of drug-likeness (QED) is 0.876. The number of benzene rings is 1. The minimum atomic E-state index is 0.394. The molecule has 22 heavy (non-hydrogen) atoms. The van der Waals surface area contributed by atoms with Crippen molar-refractivity contribution in [2.75, 3.05) is 26.7 Å². The molecule has 0 bridgehead atoms. The van der Waals surface area contributed by atoms with Crippen molar-refractivity contribution in [1.29, 1.82) is 0 Å². The van der Waals surface area contributed by atoms with Gasteiger partial charge in [-0.05, 0) is 50.2 Å². The normalized spacial score (nSPS) is 15.4. The molecule has 0 aliphatic carbocycles. The number of methoxy groups -OCH3 is 1. The van der Waals surface area contributed by atoms with Crippen molar-refractivity contribution in [3.05, 3.63) is 30.0 Å². The van der Waals surface area contributed by atoms with E-state index in [-0.39, 0.29) is 0 Å². The third kappa shape index (κ3) is 3.13. The van der Waals surface area contributed by atoms with Gasteiger partial charge in [0.25, 0.3) is 0 Å². The smallest absolute Gasteiger partial charge is 0.118 e. The summed E-state index contributed by atoms with van der Waals surface area (Å²) < 4.78 is 7.19. The highest BCUT2D eigenvalue weighted by atomic mass is 16.5. The van der Waals surface area contributed by atoms with Crippen molar-refractivity contribution in [2.45, 2.75) is 25.9 Å². The van der Waals surface area contributed by atoms with Crippen LogP contribution in [0.5, 0.6) is 5.75 Å². The van der Waals surface area contributed by atoms with Gasteiger partial charge in [0.15, 0.2) is 0 Å². The van der Waals surface area contributed by atoms with Crippen LogP contribution in [0.3, 0.4) is 0 Å². The van der Waals surface area contributed by atoms with Crippen LogP contribution in [0, 0.1) is 0 Å². The van der Waals surface area contributed by atoms with Crippen LogP contribution < -0.4 is 10.5 Å². The summed E-state index contributed by atoms with van der Waals surface area (Å²) in [6.45, 7) is 4.63. The van der Waals surface area contributed by atoms with Gasteiger partial charge in [-0.1, -0.05) is 5.21 Å². The molecule has 0 amide bonds. The van der Waals surface area contributed by atoms with E-state index in [1.165, 1.54) is 25.9 Å². The van der Waals surface area contributed by atoms with Crippen LogP contribution in [0.4, 0.5) is 0 Å². The van der Waals surface area contributed by atoms with Gasteiger partial charge in [0, 0.05) is 18.7 Å². The molecule has 6 nitrogen and oxygen atoms in total. The fourth-order valence-corrected chi connectivity index (χ4v) is 2.95. The molecule has 1 aromatic heterocycles. The molecule has 0 saturated carbocycles. The number of hydrogen-bond acceptors (Lipinski definition) is 5. The number of hydrogen-bond donors (Lipinski definition) is 1. The molecule has 0 unspecified atom stereocenters. The molecule has 2 aromatic rings. The van der Waals surface area contributed by atoms with E-state index in [2.05, 4.69) is 15.2 Å². The lowest BCUT2D eigenvalue weighted by molar-refractivity contribution is 0.315. The lowest BCUT2D eigenvalue weighted by Gasteiger charge is -2.15. The van der Waals surface area contributed by atoms with Crippen LogP contribution in [0.1, 0.15) is 18.5 Å². The third-order valence-electron chi connectivity index (χ3n) is 4.19. The van der Waals surface area contributed by atoms with Gasteiger partial charge in [-0.2, -0.15) is 0 Å². The van der Waals surface area contributed by atoms with Crippen molar-refractivity contribution in [3.63, 3.8) is 0 Å². The molecule has 1 fully saturated rings. The zero-order valence-corrected chi connectivity index (χ0v) is 13.0. The molecule has 0 radical (unpaired) electrons. The first-order valence-corrected chi connectivity index (χ1v) is 7.81. The predicted octanol–water partition coefficient (Wildman–Crippen LogP) is 1.51. The minimum absolute atomic E-state index is 0.394. The van der Waals surface area contributed by atoms with Gasteiger partial charge in [0.1, 0.15) is 11.4 Å². The highest BCUT2D eigenvalue weighted by Gasteiger charge is 2.16. The number of rotatable bonds is 6. The summed E-state index contributed by atoms with van der Waals surface area (Å²) in [6, 6.07) is 7.97. The first-order valence-electron chi connectivity index (χ1n) is 7.81. The maximum atomic E-state index is 5.82. The Morgan fingerprint density at radius 2 is 1.86 bits per heavy atom. The molecular formula is C16H23N5O. The second kappa shape index (κ2) is 6.89. The standard InChI is InChI=1S/C16H23N5O/c1-22-14-6-4-13(5-7-14)16-15(12-17)18-19-21(16)11-10-20-8-2-3-9-20/h4-7H,2-3,8-12,17H2,1H3. The molecule has 1 aliphatic rings. The Morgan fingerprint density at radius 1 is 1.14 bits per heavy atom. The van der Waals surface area contributed by atoms with E-state index in [0.29, 0.717) is 6.54 Å².